The molecule has 0 saturated heterocycles. The Kier molecular flexibility index (Phi) is 5.64. The molecule has 3 aromatic carbocycles. The van der Waals surface area contributed by atoms with E-state index in [9.17, 15) is 4.79 Å². The maximum atomic E-state index is 13.5. The topological polar surface area (TPSA) is 57.8 Å². The summed E-state index contributed by atoms with van der Waals surface area (Å²) in [6, 6.07) is 23.9. The van der Waals surface area contributed by atoms with Crippen LogP contribution in [0.4, 0.5) is 0 Å². The first kappa shape index (κ1) is 21.5. The summed E-state index contributed by atoms with van der Waals surface area (Å²) in [5, 5.41) is 0. The van der Waals surface area contributed by atoms with E-state index in [1.807, 2.05) is 65.9 Å². The van der Waals surface area contributed by atoms with Crippen molar-refractivity contribution < 1.29 is 14.3 Å². The highest BCUT2D eigenvalue weighted by Gasteiger charge is 2.21. The van der Waals surface area contributed by atoms with Crippen LogP contribution in [0.25, 0.3) is 22.9 Å². The fraction of sp³-hybridized carbons (Fsp3) is 0.143. The van der Waals surface area contributed by atoms with E-state index in [0.717, 1.165) is 22.4 Å². The summed E-state index contributed by atoms with van der Waals surface area (Å²) in [4.78, 5) is 18.3. The normalized spacial score (nSPS) is 11.5. The van der Waals surface area contributed by atoms with Gasteiger partial charge in [0, 0.05) is 5.56 Å². The average molecular weight is 452 g/mol. The number of nitrogens with zero attached hydrogens (tertiary/aromatic N) is 3. The van der Waals surface area contributed by atoms with Crippen LogP contribution in [-0.2, 0) is 6.54 Å². The van der Waals surface area contributed by atoms with Crippen LogP contribution in [0.5, 0.6) is 11.5 Å². The van der Waals surface area contributed by atoms with Crippen molar-refractivity contribution in [3.05, 3.63) is 101 Å². The number of allylic oxidation sites excluding steroid dienone is 1. The number of para-hydroxylation sites is 3. The van der Waals surface area contributed by atoms with Gasteiger partial charge in [0.1, 0.15) is 5.69 Å². The summed E-state index contributed by atoms with van der Waals surface area (Å²) in [7, 11) is 3.18. The highest BCUT2D eigenvalue weighted by atomic mass is 16.5. The second-order valence-corrected chi connectivity index (χ2v) is 8.02. The second kappa shape index (κ2) is 8.90. The van der Waals surface area contributed by atoms with Gasteiger partial charge >= 0.3 is 0 Å². The quantitative estimate of drug-likeness (QED) is 0.240. The molecular weight excluding hydrogens is 426 g/mol. The van der Waals surface area contributed by atoms with Crippen LogP contribution >= 0.6 is 0 Å². The molecule has 0 aliphatic carbocycles. The highest BCUT2D eigenvalue weighted by molar-refractivity contribution is 6.08. The lowest BCUT2D eigenvalue weighted by Crippen LogP contribution is -2.02. The number of carbonyl (C=O) groups is 1. The maximum absolute atomic E-state index is 13.5. The van der Waals surface area contributed by atoms with Crippen LogP contribution < -0.4 is 9.47 Å². The van der Waals surface area contributed by atoms with Crippen molar-refractivity contribution in [2.45, 2.75) is 13.5 Å². The van der Waals surface area contributed by atoms with Gasteiger partial charge in [-0.3, -0.25) is 9.20 Å². The molecule has 6 heteroatoms. The number of benzene rings is 3. The Morgan fingerprint density at radius 2 is 1.65 bits per heavy atom. The zero-order valence-electron chi connectivity index (χ0n) is 19.4. The Morgan fingerprint density at radius 1 is 0.912 bits per heavy atom. The van der Waals surface area contributed by atoms with Crippen molar-refractivity contribution >= 4 is 28.7 Å². The summed E-state index contributed by atoms with van der Waals surface area (Å²) in [6.07, 6.45) is 3.32. The van der Waals surface area contributed by atoms with Gasteiger partial charge in [0.25, 0.3) is 0 Å². The Labute approximate surface area is 197 Å². The fourth-order valence-corrected chi connectivity index (χ4v) is 4.41. The molecule has 0 radical (unpaired) electrons. The van der Waals surface area contributed by atoms with Crippen LogP contribution in [0, 0.1) is 6.92 Å². The molecule has 2 heterocycles. The number of hydrogen-bond acceptors (Lipinski definition) is 4. The molecule has 170 valence electrons. The van der Waals surface area contributed by atoms with Crippen LogP contribution in [0.1, 0.15) is 27.3 Å². The molecule has 34 heavy (non-hydrogen) atoms. The van der Waals surface area contributed by atoms with Gasteiger partial charge in [-0.2, -0.15) is 0 Å². The predicted octanol–water partition coefficient (Wildman–Crippen LogP) is 5.56. The van der Waals surface area contributed by atoms with E-state index in [1.54, 1.807) is 26.4 Å². The SMILES string of the molecule is COc1cccc(C=CC(=O)c2c(C)nc3n(Cc4ccccc4)c4ccccc4n23)c1OC. The number of hydrogen-bond donors (Lipinski definition) is 0. The van der Waals surface area contributed by atoms with Gasteiger partial charge in [-0.1, -0.05) is 54.6 Å². The van der Waals surface area contributed by atoms with E-state index in [2.05, 4.69) is 22.8 Å². The number of imidazole rings is 2. The minimum atomic E-state index is -0.127. The number of carbonyl (C=O) groups excluding carboxylic acids is 1. The van der Waals surface area contributed by atoms with Crippen LogP contribution in [0.15, 0.2) is 78.9 Å². The van der Waals surface area contributed by atoms with Crippen molar-refractivity contribution in [1.82, 2.24) is 14.0 Å². The Hall–Kier alpha value is -4.32. The number of rotatable bonds is 7. The summed E-state index contributed by atoms with van der Waals surface area (Å²) in [5.41, 5.74) is 5.15. The number of ketones is 1. The van der Waals surface area contributed by atoms with Gasteiger partial charge < -0.3 is 14.0 Å². The molecule has 0 saturated carbocycles. The van der Waals surface area contributed by atoms with Crippen molar-refractivity contribution in [2.75, 3.05) is 14.2 Å². The standard InChI is InChI=1S/C28H25N3O3/c1-19-26(24(32)17-16-21-12-9-15-25(33-2)27(21)34-3)31-23-14-8-7-13-22(23)30(28(31)29-19)18-20-10-5-4-6-11-20/h4-17H,18H2,1-3H3. The van der Waals surface area contributed by atoms with E-state index >= 15 is 0 Å². The molecule has 0 atom stereocenters. The van der Waals surface area contributed by atoms with Crippen molar-refractivity contribution in [3.8, 4) is 11.5 Å². The molecule has 0 aliphatic heterocycles. The number of methoxy groups -OCH3 is 2. The van der Waals surface area contributed by atoms with Crippen molar-refractivity contribution in [2.24, 2.45) is 0 Å². The summed E-state index contributed by atoms with van der Waals surface area (Å²) in [6.45, 7) is 2.54. The summed E-state index contributed by atoms with van der Waals surface area (Å²) in [5.74, 6) is 1.82. The smallest absolute Gasteiger partial charge is 0.216 e. The fourth-order valence-electron chi connectivity index (χ4n) is 4.41. The Bertz CT molecular complexity index is 1530. The zero-order chi connectivity index (χ0) is 23.7. The van der Waals surface area contributed by atoms with Gasteiger partial charge in [0.05, 0.1) is 37.5 Å². The molecule has 0 amide bonds. The van der Waals surface area contributed by atoms with E-state index in [0.29, 0.717) is 29.4 Å². The minimum absolute atomic E-state index is 0.127. The monoisotopic (exact) mass is 451 g/mol. The van der Waals surface area contributed by atoms with Gasteiger partial charge in [0.2, 0.25) is 11.6 Å². The number of aromatic nitrogens is 3. The molecule has 6 nitrogen and oxygen atoms in total. The second-order valence-electron chi connectivity index (χ2n) is 8.02. The Morgan fingerprint density at radius 3 is 2.38 bits per heavy atom. The van der Waals surface area contributed by atoms with Crippen molar-refractivity contribution in [3.63, 3.8) is 0 Å². The molecular formula is C28H25N3O3. The lowest BCUT2D eigenvalue weighted by Gasteiger charge is -2.09. The molecule has 0 unspecified atom stereocenters. The first-order valence-electron chi connectivity index (χ1n) is 11.1. The number of aryl methyl sites for hydroxylation is 1. The lowest BCUT2D eigenvalue weighted by atomic mass is 10.1. The number of ether oxygens (including phenoxy) is 2. The number of fused-ring (bicyclic) bond motifs is 3. The van der Waals surface area contributed by atoms with Crippen molar-refractivity contribution in [1.29, 1.82) is 0 Å². The molecule has 0 fully saturated rings. The maximum Gasteiger partial charge on any atom is 0.216 e. The van der Waals surface area contributed by atoms with E-state index in [4.69, 9.17) is 14.5 Å². The lowest BCUT2D eigenvalue weighted by molar-refractivity contribution is 0.104. The zero-order valence-corrected chi connectivity index (χ0v) is 19.4. The van der Waals surface area contributed by atoms with E-state index < -0.39 is 0 Å². The highest BCUT2D eigenvalue weighted by Crippen LogP contribution is 2.32. The third-order valence-corrected chi connectivity index (χ3v) is 5.95. The van der Waals surface area contributed by atoms with Gasteiger partial charge in [-0.05, 0) is 42.8 Å². The largest absolute Gasteiger partial charge is 0.493 e. The van der Waals surface area contributed by atoms with Gasteiger partial charge in [-0.15, -0.1) is 0 Å². The van der Waals surface area contributed by atoms with Gasteiger partial charge in [0.15, 0.2) is 11.5 Å². The molecule has 2 aromatic heterocycles. The molecule has 0 aliphatic rings. The van der Waals surface area contributed by atoms with E-state index in [1.165, 1.54) is 5.56 Å². The summed E-state index contributed by atoms with van der Waals surface area (Å²) < 4.78 is 15.0. The molecule has 0 bridgehead atoms. The minimum Gasteiger partial charge on any atom is -0.493 e. The Balaban J connectivity index is 1.61. The molecule has 5 aromatic rings. The first-order valence-corrected chi connectivity index (χ1v) is 11.1. The predicted molar refractivity (Wildman–Crippen MR) is 134 cm³/mol. The van der Waals surface area contributed by atoms with E-state index in [-0.39, 0.29) is 5.78 Å². The molecule has 0 spiro atoms. The third kappa shape index (κ3) is 3.63. The van der Waals surface area contributed by atoms with Crippen LogP contribution in [0.3, 0.4) is 0 Å². The molecule has 0 N–H and O–H groups in total. The summed E-state index contributed by atoms with van der Waals surface area (Å²) >= 11 is 0. The average Bonchev–Trinajstić information content (AvgIpc) is 3.36. The van der Waals surface area contributed by atoms with Crippen LogP contribution in [-0.4, -0.2) is 34.0 Å². The third-order valence-electron chi connectivity index (χ3n) is 5.95. The van der Waals surface area contributed by atoms with Gasteiger partial charge in [-0.25, -0.2) is 4.98 Å². The van der Waals surface area contributed by atoms with Crippen LogP contribution in [0.2, 0.25) is 0 Å². The molecule has 5 rings (SSSR count). The first-order chi connectivity index (χ1) is 16.6.